The van der Waals surface area contributed by atoms with Gasteiger partial charge in [-0.2, -0.15) is 4.98 Å². The van der Waals surface area contributed by atoms with E-state index in [9.17, 15) is 0 Å². The zero-order valence-corrected chi connectivity index (χ0v) is 10.9. The fraction of sp³-hybridized carbons (Fsp3) is 0.143. The summed E-state index contributed by atoms with van der Waals surface area (Å²) in [4.78, 5) is 8.68. The van der Waals surface area contributed by atoms with Gasteiger partial charge in [0.05, 0.1) is 4.70 Å². The first-order chi connectivity index (χ1) is 8.85. The largest absolute Gasteiger partial charge is 0.331 e. The van der Waals surface area contributed by atoms with Crippen molar-refractivity contribution < 1.29 is 0 Å². The lowest BCUT2D eigenvalue weighted by Crippen LogP contribution is -1.89. The van der Waals surface area contributed by atoms with Gasteiger partial charge in [-0.05, 0) is 36.2 Å². The Morgan fingerprint density at radius 2 is 2.00 bits per heavy atom. The number of aromatic nitrogens is 2. The van der Waals surface area contributed by atoms with Crippen LogP contribution in [0.2, 0.25) is 0 Å². The van der Waals surface area contributed by atoms with Crippen molar-refractivity contribution in [2.24, 2.45) is 0 Å². The minimum Gasteiger partial charge on any atom is -0.331 e. The molecule has 0 aliphatic rings. The highest BCUT2D eigenvalue weighted by Gasteiger charge is 2.03. The van der Waals surface area contributed by atoms with Crippen LogP contribution in [-0.4, -0.2) is 9.97 Å². The van der Waals surface area contributed by atoms with Gasteiger partial charge in [0.1, 0.15) is 0 Å². The van der Waals surface area contributed by atoms with Crippen molar-refractivity contribution in [3.63, 3.8) is 0 Å². The second-order valence-electron chi connectivity index (χ2n) is 4.02. The van der Waals surface area contributed by atoms with Crippen LogP contribution in [0.5, 0.6) is 0 Å². The van der Waals surface area contributed by atoms with Crippen molar-refractivity contribution in [2.45, 2.75) is 13.3 Å². The van der Waals surface area contributed by atoms with Gasteiger partial charge >= 0.3 is 0 Å². The van der Waals surface area contributed by atoms with Crippen molar-refractivity contribution in [1.29, 1.82) is 0 Å². The molecule has 4 heteroatoms. The lowest BCUT2D eigenvalue weighted by molar-refractivity contribution is 1.14. The Bertz CT molecular complexity index is 625. The molecule has 0 saturated carbocycles. The first-order valence-corrected chi connectivity index (χ1v) is 6.74. The van der Waals surface area contributed by atoms with E-state index >= 15 is 0 Å². The smallest absolute Gasteiger partial charge is 0.189 e. The number of nitrogens with zero attached hydrogens (tertiary/aromatic N) is 2. The molecule has 0 aliphatic carbocycles. The van der Waals surface area contributed by atoms with Crippen LogP contribution in [0.4, 0.5) is 10.8 Å². The van der Waals surface area contributed by atoms with Crippen LogP contribution in [0.15, 0.2) is 42.6 Å². The Labute approximate surface area is 110 Å². The molecule has 0 atom stereocenters. The third kappa shape index (κ3) is 2.19. The SMILES string of the molecule is CCc1ccc(Nc2nc3ncccc3s2)cc1. The van der Waals surface area contributed by atoms with E-state index in [2.05, 4.69) is 46.5 Å². The van der Waals surface area contributed by atoms with E-state index in [1.807, 2.05) is 12.1 Å². The average Bonchev–Trinajstić information content (AvgIpc) is 2.82. The quantitative estimate of drug-likeness (QED) is 0.768. The molecule has 0 bridgehead atoms. The van der Waals surface area contributed by atoms with Gasteiger partial charge in [-0.25, -0.2) is 4.98 Å². The summed E-state index contributed by atoms with van der Waals surface area (Å²) < 4.78 is 1.10. The summed E-state index contributed by atoms with van der Waals surface area (Å²) in [7, 11) is 0. The molecule has 0 amide bonds. The number of pyridine rings is 1. The van der Waals surface area contributed by atoms with Crippen LogP contribution in [-0.2, 0) is 6.42 Å². The zero-order chi connectivity index (χ0) is 12.4. The van der Waals surface area contributed by atoms with Gasteiger partial charge in [-0.3, -0.25) is 0 Å². The lowest BCUT2D eigenvalue weighted by atomic mass is 10.1. The predicted molar refractivity (Wildman–Crippen MR) is 76.5 cm³/mol. The normalized spacial score (nSPS) is 10.7. The number of hydrogen-bond acceptors (Lipinski definition) is 4. The second-order valence-corrected chi connectivity index (χ2v) is 5.05. The molecule has 0 unspecified atom stereocenters. The van der Waals surface area contributed by atoms with E-state index in [0.717, 1.165) is 27.6 Å². The summed E-state index contributed by atoms with van der Waals surface area (Å²) in [6.45, 7) is 2.15. The van der Waals surface area contributed by atoms with Crippen molar-refractivity contribution in [2.75, 3.05) is 5.32 Å². The topological polar surface area (TPSA) is 37.8 Å². The molecule has 0 fully saturated rings. The summed E-state index contributed by atoms with van der Waals surface area (Å²) in [5.74, 6) is 0. The first-order valence-electron chi connectivity index (χ1n) is 5.92. The number of fused-ring (bicyclic) bond motifs is 1. The van der Waals surface area contributed by atoms with E-state index in [4.69, 9.17) is 0 Å². The highest BCUT2D eigenvalue weighted by molar-refractivity contribution is 7.22. The van der Waals surface area contributed by atoms with E-state index in [-0.39, 0.29) is 0 Å². The average molecular weight is 255 g/mol. The van der Waals surface area contributed by atoms with Crippen molar-refractivity contribution in [3.8, 4) is 0 Å². The molecule has 3 rings (SSSR count). The van der Waals surface area contributed by atoms with Crippen LogP contribution >= 0.6 is 11.3 Å². The standard InChI is InChI=1S/C14H13N3S/c1-2-10-5-7-11(8-6-10)16-14-17-13-12(18-14)4-3-9-15-13/h3-9H,2H2,1H3,(H,15,16,17). The van der Waals surface area contributed by atoms with Gasteiger partial charge in [0.2, 0.25) is 0 Å². The minimum absolute atomic E-state index is 0.801. The monoisotopic (exact) mass is 255 g/mol. The maximum absolute atomic E-state index is 4.45. The van der Waals surface area contributed by atoms with Crippen LogP contribution in [0.1, 0.15) is 12.5 Å². The van der Waals surface area contributed by atoms with Crippen molar-refractivity contribution in [1.82, 2.24) is 9.97 Å². The van der Waals surface area contributed by atoms with Gasteiger partial charge in [0.15, 0.2) is 10.8 Å². The summed E-state index contributed by atoms with van der Waals surface area (Å²) in [6, 6.07) is 12.4. The number of rotatable bonds is 3. The van der Waals surface area contributed by atoms with Gasteiger partial charge in [0, 0.05) is 11.9 Å². The van der Waals surface area contributed by atoms with E-state index in [1.54, 1.807) is 17.5 Å². The molecule has 3 aromatic rings. The maximum Gasteiger partial charge on any atom is 0.189 e. The first kappa shape index (κ1) is 11.2. The molecular formula is C14H13N3S. The molecule has 3 nitrogen and oxygen atoms in total. The molecule has 0 radical (unpaired) electrons. The summed E-state index contributed by atoms with van der Waals surface area (Å²) >= 11 is 1.62. The van der Waals surface area contributed by atoms with Gasteiger partial charge < -0.3 is 5.32 Å². The molecule has 2 heterocycles. The molecule has 1 N–H and O–H groups in total. The number of aryl methyl sites for hydroxylation is 1. The van der Waals surface area contributed by atoms with Crippen LogP contribution in [0, 0.1) is 0 Å². The van der Waals surface area contributed by atoms with Gasteiger partial charge in [-0.15, -0.1) is 0 Å². The third-order valence-electron chi connectivity index (χ3n) is 2.78. The molecule has 0 saturated heterocycles. The summed E-state index contributed by atoms with van der Waals surface area (Å²) in [5, 5.41) is 4.19. The van der Waals surface area contributed by atoms with Crippen molar-refractivity contribution >= 4 is 32.5 Å². The lowest BCUT2D eigenvalue weighted by Gasteiger charge is -2.02. The number of benzene rings is 1. The highest BCUT2D eigenvalue weighted by atomic mass is 32.1. The van der Waals surface area contributed by atoms with Crippen LogP contribution in [0.25, 0.3) is 10.3 Å². The molecule has 0 spiro atoms. The highest BCUT2D eigenvalue weighted by Crippen LogP contribution is 2.26. The Balaban J connectivity index is 1.86. The number of nitrogens with one attached hydrogen (secondary N) is 1. The van der Waals surface area contributed by atoms with Crippen LogP contribution in [0.3, 0.4) is 0 Å². The molecule has 18 heavy (non-hydrogen) atoms. The third-order valence-corrected chi connectivity index (χ3v) is 3.70. The summed E-state index contributed by atoms with van der Waals surface area (Å²) in [5.41, 5.74) is 3.20. The van der Waals surface area contributed by atoms with E-state index in [0.29, 0.717) is 0 Å². The van der Waals surface area contributed by atoms with Gasteiger partial charge in [0.25, 0.3) is 0 Å². The minimum atomic E-state index is 0.801. The number of anilines is 2. The van der Waals surface area contributed by atoms with Crippen LogP contribution < -0.4 is 5.32 Å². The molecule has 90 valence electrons. The molecule has 0 aliphatic heterocycles. The molecular weight excluding hydrogens is 242 g/mol. The Morgan fingerprint density at radius 3 is 2.72 bits per heavy atom. The Kier molecular flexibility index (Phi) is 2.94. The molecule has 2 aromatic heterocycles. The fourth-order valence-corrected chi connectivity index (χ4v) is 2.62. The zero-order valence-electron chi connectivity index (χ0n) is 10.1. The Morgan fingerprint density at radius 1 is 1.17 bits per heavy atom. The predicted octanol–water partition coefficient (Wildman–Crippen LogP) is 4.00. The molecule has 1 aromatic carbocycles. The Hall–Kier alpha value is -1.94. The second kappa shape index (κ2) is 4.74. The number of thiazole rings is 1. The maximum atomic E-state index is 4.45. The summed E-state index contributed by atoms with van der Waals surface area (Å²) in [6.07, 6.45) is 2.83. The fourth-order valence-electron chi connectivity index (χ4n) is 1.77. The van der Waals surface area contributed by atoms with Gasteiger partial charge in [-0.1, -0.05) is 30.4 Å². The van der Waals surface area contributed by atoms with Crippen molar-refractivity contribution in [3.05, 3.63) is 48.2 Å². The number of hydrogen-bond donors (Lipinski definition) is 1. The van der Waals surface area contributed by atoms with E-state index in [1.165, 1.54) is 5.56 Å². The van der Waals surface area contributed by atoms with E-state index < -0.39 is 0 Å².